The summed E-state index contributed by atoms with van der Waals surface area (Å²) in [5, 5.41) is 7.01. The predicted octanol–water partition coefficient (Wildman–Crippen LogP) is 3.33. The monoisotopic (exact) mass is 344 g/mol. The van der Waals surface area contributed by atoms with Crippen molar-refractivity contribution in [2.24, 2.45) is 0 Å². The Hall–Kier alpha value is -1.96. The van der Waals surface area contributed by atoms with Crippen molar-refractivity contribution in [2.75, 3.05) is 11.9 Å². The second-order valence-electron chi connectivity index (χ2n) is 5.16. The van der Waals surface area contributed by atoms with Gasteiger partial charge in [-0.05, 0) is 51.0 Å². The van der Waals surface area contributed by atoms with E-state index in [1.165, 1.54) is 24.3 Å². The van der Waals surface area contributed by atoms with Gasteiger partial charge in [0.25, 0.3) is 0 Å². The standard InChI is InChI=1S/C15H18F2N2O3S/c1-10-14(11(2)22-19-10)4-3-9-18-12-5-7-13(8-6-12)23(20,21)15(16)17/h5-8,15,18H,3-4,9H2,1-2H3. The van der Waals surface area contributed by atoms with E-state index >= 15 is 0 Å². The van der Waals surface area contributed by atoms with Gasteiger partial charge in [0.1, 0.15) is 5.76 Å². The van der Waals surface area contributed by atoms with Crippen molar-refractivity contribution >= 4 is 15.5 Å². The molecule has 0 amide bonds. The largest absolute Gasteiger partial charge is 0.385 e. The minimum atomic E-state index is -4.54. The number of hydrogen-bond acceptors (Lipinski definition) is 5. The molecular formula is C15H18F2N2O3S. The lowest BCUT2D eigenvalue weighted by atomic mass is 10.1. The topological polar surface area (TPSA) is 72.2 Å². The summed E-state index contributed by atoms with van der Waals surface area (Å²) in [5.41, 5.74) is 2.64. The number of hydrogen-bond donors (Lipinski definition) is 1. The summed E-state index contributed by atoms with van der Waals surface area (Å²) in [4.78, 5) is -0.381. The number of nitrogens with zero attached hydrogens (tertiary/aromatic N) is 1. The fourth-order valence-electron chi connectivity index (χ4n) is 2.22. The van der Waals surface area contributed by atoms with Crippen molar-refractivity contribution in [3.05, 3.63) is 41.3 Å². The van der Waals surface area contributed by atoms with Gasteiger partial charge in [-0.25, -0.2) is 8.42 Å². The van der Waals surface area contributed by atoms with Crippen molar-refractivity contribution < 1.29 is 21.7 Å². The van der Waals surface area contributed by atoms with Crippen molar-refractivity contribution in [1.82, 2.24) is 5.16 Å². The van der Waals surface area contributed by atoms with Crippen molar-refractivity contribution in [3.8, 4) is 0 Å². The van der Waals surface area contributed by atoms with Crippen LogP contribution in [0.1, 0.15) is 23.4 Å². The molecule has 0 saturated carbocycles. The van der Waals surface area contributed by atoms with E-state index in [2.05, 4.69) is 10.5 Å². The van der Waals surface area contributed by atoms with E-state index in [1.54, 1.807) is 0 Å². The molecule has 0 radical (unpaired) electrons. The van der Waals surface area contributed by atoms with Crippen LogP contribution in [-0.2, 0) is 16.3 Å². The van der Waals surface area contributed by atoms with Crippen LogP contribution >= 0.6 is 0 Å². The number of halogens is 2. The highest BCUT2D eigenvalue weighted by molar-refractivity contribution is 7.91. The van der Waals surface area contributed by atoms with Crippen molar-refractivity contribution in [1.29, 1.82) is 0 Å². The summed E-state index contributed by atoms with van der Waals surface area (Å²) in [6.45, 7) is 4.41. The summed E-state index contributed by atoms with van der Waals surface area (Å²) in [6.07, 6.45) is 1.64. The second kappa shape index (κ2) is 7.08. The maximum absolute atomic E-state index is 12.4. The first-order valence-electron chi connectivity index (χ1n) is 7.10. The molecule has 0 fully saturated rings. The molecule has 8 heteroatoms. The molecule has 0 aliphatic carbocycles. The van der Waals surface area contributed by atoms with Gasteiger partial charge in [0.05, 0.1) is 10.6 Å². The molecule has 0 aliphatic heterocycles. The summed E-state index contributed by atoms with van der Waals surface area (Å²) >= 11 is 0. The third-order valence-electron chi connectivity index (χ3n) is 3.53. The van der Waals surface area contributed by atoms with Gasteiger partial charge in [0, 0.05) is 17.8 Å². The van der Waals surface area contributed by atoms with Crippen LogP contribution in [0.3, 0.4) is 0 Å². The van der Waals surface area contributed by atoms with E-state index in [9.17, 15) is 17.2 Å². The van der Waals surface area contributed by atoms with Gasteiger partial charge < -0.3 is 9.84 Å². The first-order chi connectivity index (χ1) is 10.8. The number of aryl methyl sites for hydroxylation is 2. The minimum absolute atomic E-state index is 0.381. The second-order valence-corrected chi connectivity index (χ2v) is 7.08. The van der Waals surface area contributed by atoms with Gasteiger partial charge >= 0.3 is 5.76 Å². The summed E-state index contributed by atoms with van der Waals surface area (Å²) in [6, 6.07) is 5.31. The van der Waals surface area contributed by atoms with E-state index in [0.29, 0.717) is 12.2 Å². The molecule has 0 unspecified atom stereocenters. The molecule has 2 rings (SSSR count). The highest BCUT2D eigenvalue weighted by atomic mass is 32.2. The Morgan fingerprint density at radius 2 is 1.87 bits per heavy atom. The van der Waals surface area contributed by atoms with E-state index in [1.807, 2.05) is 13.8 Å². The number of nitrogens with one attached hydrogen (secondary N) is 1. The zero-order chi connectivity index (χ0) is 17.0. The lowest BCUT2D eigenvalue weighted by molar-refractivity contribution is 0.234. The van der Waals surface area contributed by atoms with Crippen LogP contribution in [-0.4, -0.2) is 25.9 Å². The van der Waals surface area contributed by atoms with Crippen LogP contribution in [0.2, 0.25) is 0 Å². The van der Waals surface area contributed by atoms with Crippen LogP contribution in [0.4, 0.5) is 14.5 Å². The van der Waals surface area contributed by atoms with E-state index in [4.69, 9.17) is 4.52 Å². The molecule has 0 spiro atoms. The molecule has 2 aromatic rings. The molecule has 1 aromatic carbocycles. The summed E-state index contributed by atoms with van der Waals surface area (Å²) in [7, 11) is -4.54. The third kappa shape index (κ3) is 4.07. The van der Waals surface area contributed by atoms with E-state index in [0.717, 1.165) is 29.9 Å². The zero-order valence-electron chi connectivity index (χ0n) is 12.8. The van der Waals surface area contributed by atoms with Crippen molar-refractivity contribution in [3.63, 3.8) is 0 Å². The molecule has 126 valence electrons. The summed E-state index contributed by atoms with van der Waals surface area (Å²) < 4.78 is 52.6. The number of rotatable bonds is 7. The Morgan fingerprint density at radius 1 is 1.22 bits per heavy atom. The predicted molar refractivity (Wildman–Crippen MR) is 82.4 cm³/mol. The molecule has 0 aliphatic rings. The van der Waals surface area contributed by atoms with Gasteiger partial charge in [0.2, 0.25) is 9.84 Å². The first kappa shape index (κ1) is 17.4. The molecule has 5 nitrogen and oxygen atoms in total. The van der Waals surface area contributed by atoms with Gasteiger partial charge in [0.15, 0.2) is 0 Å². The Kier molecular flexibility index (Phi) is 5.35. The molecule has 23 heavy (non-hydrogen) atoms. The molecule has 0 atom stereocenters. The first-order valence-corrected chi connectivity index (χ1v) is 8.64. The average molecular weight is 344 g/mol. The number of anilines is 1. The Balaban J connectivity index is 1.88. The zero-order valence-corrected chi connectivity index (χ0v) is 13.7. The van der Waals surface area contributed by atoms with Crippen LogP contribution in [0.5, 0.6) is 0 Å². The lowest BCUT2D eigenvalue weighted by Crippen LogP contribution is -2.11. The van der Waals surface area contributed by atoms with Gasteiger partial charge in [-0.15, -0.1) is 0 Å². The van der Waals surface area contributed by atoms with Crippen LogP contribution in [0, 0.1) is 13.8 Å². The lowest BCUT2D eigenvalue weighted by Gasteiger charge is -2.08. The van der Waals surface area contributed by atoms with Crippen LogP contribution in [0.15, 0.2) is 33.7 Å². The van der Waals surface area contributed by atoms with Gasteiger partial charge in [-0.2, -0.15) is 8.78 Å². The number of benzene rings is 1. The van der Waals surface area contributed by atoms with Crippen molar-refractivity contribution in [2.45, 2.75) is 37.3 Å². The highest BCUT2D eigenvalue weighted by Crippen LogP contribution is 2.20. The smallest absolute Gasteiger partial charge is 0.341 e. The van der Waals surface area contributed by atoms with E-state index < -0.39 is 15.6 Å². The number of aromatic nitrogens is 1. The maximum atomic E-state index is 12.4. The Labute approximate surface area is 133 Å². The molecule has 0 bridgehead atoms. The summed E-state index contributed by atoms with van der Waals surface area (Å²) in [5.74, 6) is -2.60. The normalized spacial score (nSPS) is 11.9. The fraction of sp³-hybridized carbons (Fsp3) is 0.400. The minimum Gasteiger partial charge on any atom is -0.385 e. The molecule has 0 saturated heterocycles. The SMILES string of the molecule is Cc1noc(C)c1CCCNc1ccc(S(=O)(=O)C(F)F)cc1. The maximum Gasteiger partial charge on any atom is 0.341 e. The van der Waals surface area contributed by atoms with Crippen LogP contribution < -0.4 is 5.32 Å². The van der Waals surface area contributed by atoms with Gasteiger partial charge in [-0.1, -0.05) is 5.16 Å². The Bertz CT molecular complexity index is 736. The molecular weight excluding hydrogens is 326 g/mol. The average Bonchev–Trinajstić information content (AvgIpc) is 2.83. The van der Waals surface area contributed by atoms with E-state index in [-0.39, 0.29) is 4.90 Å². The highest BCUT2D eigenvalue weighted by Gasteiger charge is 2.26. The number of alkyl halides is 2. The number of sulfone groups is 1. The molecule has 1 N–H and O–H groups in total. The molecule has 1 heterocycles. The van der Waals surface area contributed by atoms with Crippen LogP contribution in [0.25, 0.3) is 0 Å². The van der Waals surface area contributed by atoms with Gasteiger partial charge in [-0.3, -0.25) is 0 Å². The third-order valence-corrected chi connectivity index (χ3v) is 4.93. The Morgan fingerprint density at radius 3 is 2.39 bits per heavy atom. The molecule has 1 aromatic heterocycles. The fourth-order valence-corrected chi connectivity index (χ4v) is 2.94. The quantitative estimate of drug-likeness (QED) is 0.780.